The van der Waals surface area contributed by atoms with E-state index in [1.165, 1.54) is 0 Å². The van der Waals surface area contributed by atoms with Crippen LogP contribution in [0.15, 0.2) is 18.2 Å². The molecule has 0 aromatic heterocycles. The lowest BCUT2D eigenvalue weighted by molar-refractivity contribution is -0.135. The molecule has 6 nitrogen and oxygen atoms in total. The fraction of sp³-hybridized carbons (Fsp3) is 0.579. The molecular formula is C19H28ClN3O3. The van der Waals surface area contributed by atoms with Crippen molar-refractivity contribution in [1.29, 1.82) is 0 Å². The minimum Gasteiger partial charge on any atom is -0.494 e. The van der Waals surface area contributed by atoms with Gasteiger partial charge in [0.2, 0.25) is 11.8 Å². The summed E-state index contributed by atoms with van der Waals surface area (Å²) in [4.78, 5) is 25.7. The van der Waals surface area contributed by atoms with Crippen molar-refractivity contribution < 1.29 is 14.3 Å². The number of piperazine rings is 1. The topological polar surface area (TPSA) is 70.7 Å². The molecule has 3 rings (SSSR count). The first-order valence-corrected chi connectivity index (χ1v) is 9.13. The second-order valence-corrected chi connectivity index (χ2v) is 6.89. The zero-order valence-electron chi connectivity index (χ0n) is 15.4. The first-order chi connectivity index (χ1) is 12.0. The minimum absolute atomic E-state index is 0. The molecule has 2 unspecified atom stereocenters. The second-order valence-electron chi connectivity index (χ2n) is 6.89. The molecule has 2 atom stereocenters. The predicted molar refractivity (Wildman–Crippen MR) is 104 cm³/mol. The summed E-state index contributed by atoms with van der Waals surface area (Å²) < 4.78 is 5.79. The van der Waals surface area contributed by atoms with Crippen molar-refractivity contribution in [1.82, 2.24) is 10.2 Å². The van der Waals surface area contributed by atoms with Crippen LogP contribution in [0.3, 0.4) is 0 Å². The van der Waals surface area contributed by atoms with Crippen molar-refractivity contribution in [3.63, 3.8) is 0 Å². The van der Waals surface area contributed by atoms with Gasteiger partial charge >= 0.3 is 0 Å². The average molecular weight is 382 g/mol. The summed E-state index contributed by atoms with van der Waals surface area (Å²) in [5, 5.41) is 6.25. The van der Waals surface area contributed by atoms with E-state index >= 15 is 0 Å². The van der Waals surface area contributed by atoms with Gasteiger partial charge in [0.1, 0.15) is 5.75 Å². The van der Waals surface area contributed by atoms with Crippen LogP contribution in [-0.2, 0) is 16.0 Å². The molecule has 26 heavy (non-hydrogen) atoms. The largest absolute Gasteiger partial charge is 0.494 e. The molecule has 2 amide bonds. The number of nitrogens with zero attached hydrogens (tertiary/aromatic N) is 1. The molecule has 0 saturated carbocycles. The van der Waals surface area contributed by atoms with Crippen LogP contribution in [0, 0.1) is 0 Å². The fourth-order valence-corrected chi connectivity index (χ4v) is 3.42. The number of ether oxygens (including phenoxy) is 1. The Bertz CT molecular complexity index is 653. The Hall–Kier alpha value is -1.79. The van der Waals surface area contributed by atoms with E-state index in [-0.39, 0.29) is 30.3 Å². The van der Waals surface area contributed by atoms with Gasteiger partial charge in [0.05, 0.1) is 6.61 Å². The summed E-state index contributed by atoms with van der Waals surface area (Å²) in [7, 11) is 0. The lowest BCUT2D eigenvalue weighted by Gasteiger charge is -2.38. The molecule has 0 aliphatic carbocycles. The number of aryl methyl sites for hydroxylation is 1. The van der Waals surface area contributed by atoms with Crippen LogP contribution < -0.4 is 15.4 Å². The highest BCUT2D eigenvalue weighted by Gasteiger charge is 2.27. The summed E-state index contributed by atoms with van der Waals surface area (Å²) in [5.74, 6) is 1.07. The molecular weight excluding hydrogens is 354 g/mol. The van der Waals surface area contributed by atoms with Crippen molar-refractivity contribution in [2.45, 2.75) is 51.6 Å². The Balaban J connectivity index is 0.00000243. The quantitative estimate of drug-likeness (QED) is 0.768. The molecule has 0 radical (unpaired) electrons. The Morgan fingerprint density at radius 2 is 2.12 bits per heavy atom. The fourth-order valence-electron chi connectivity index (χ4n) is 3.42. The number of carbonyl (C=O) groups excluding carboxylic acids is 2. The highest BCUT2D eigenvalue weighted by molar-refractivity contribution is 5.94. The van der Waals surface area contributed by atoms with E-state index in [0.717, 1.165) is 36.5 Å². The number of fused-ring (bicyclic) bond motifs is 1. The second kappa shape index (κ2) is 9.24. The molecule has 0 spiro atoms. The third-order valence-electron chi connectivity index (χ3n) is 5.13. The summed E-state index contributed by atoms with van der Waals surface area (Å²) >= 11 is 0. The van der Waals surface area contributed by atoms with Crippen molar-refractivity contribution in [2.24, 2.45) is 0 Å². The molecule has 2 aliphatic rings. The van der Waals surface area contributed by atoms with E-state index in [1.807, 2.05) is 23.1 Å². The van der Waals surface area contributed by atoms with Crippen LogP contribution in [-0.4, -0.2) is 48.5 Å². The number of hydrogen-bond donors (Lipinski definition) is 2. The summed E-state index contributed by atoms with van der Waals surface area (Å²) in [6.45, 7) is 6.37. The van der Waals surface area contributed by atoms with E-state index in [9.17, 15) is 9.59 Å². The molecule has 1 aromatic rings. The zero-order valence-corrected chi connectivity index (χ0v) is 16.2. The highest BCUT2D eigenvalue weighted by atomic mass is 35.5. The summed E-state index contributed by atoms with van der Waals surface area (Å²) in [6, 6.07) is 6.31. The molecule has 2 N–H and O–H groups in total. The average Bonchev–Trinajstić information content (AvgIpc) is 2.61. The van der Waals surface area contributed by atoms with Crippen LogP contribution in [0.5, 0.6) is 5.75 Å². The minimum atomic E-state index is 0. The standard InChI is InChI=1S/C19H27N3O3.ClH/c1-13-14(2)22(10-9-20-13)19(24)4-3-11-25-16-6-7-17-15(12-16)5-8-18(23)21-17;/h6-7,12-14,20H,3-5,8-11H2,1-2H3,(H,21,23);1H. The molecule has 1 saturated heterocycles. The van der Waals surface area contributed by atoms with E-state index in [4.69, 9.17) is 4.74 Å². The van der Waals surface area contributed by atoms with Crippen LogP contribution >= 0.6 is 12.4 Å². The zero-order chi connectivity index (χ0) is 17.8. The molecule has 144 valence electrons. The molecule has 0 bridgehead atoms. The van der Waals surface area contributed by atoms with Crippen LogP contribution in [0.2, 0.25) is 0 Å². The molecule has 2 aliphatic heterocycles. The number of amides is 2. The number of anilines is 1. The number of nitrogens with one attached hydrogen (secondary N) is 2. The SMILES string of the molecule is CC1NCCN(C(=O)CCCOc2ccc3c(c2)CCC(=O)N3)C1C.Cl. The van der Waals surface area contributed by atoms with Gasteiger partial charge in [-0.3, -0.25) is 9.59 Å². The van der Waals surface area contributed by atoms with Gasteiger partial charge in [-0.25, -0.2) is 0 Å². The van der Waals surface area contributed by atoms with Crippen LogP contribution in [0.1, 0.15) is 38.7 Å². The van der Waals surface area contributed by atoms with Gasteiger partial charge in [-0.05, 0) is 50.5 Å². The predicted octanol–water partition coefficient (Wildman–Crippen LogP) is 2.36. The summed E-state index contributed by atoms with van der Waals surface area (Å²) in [5.41, 5.74) is 1.98. The Morgan fingerprint density at radius 1 is 1.31 bits per heavy atom. The molecule has 2 heterocycles. The Kier molecular flexibility index (Phi) is 7.29. The van der Waals surface area contributed by atoms with E-state index < -0.39 is 0 Å². The third kappa shape index (κ3) is 4.89. The van der Waals surface area contributed by atoms with Gasteiger partial charge in [-0.2, -0.15) is 0 Å². The van der Waals surface area contributed by atoms with Crippen molar-refractivity contribution >= 4 is 29.9 Å². The molecule has 7 heteroatoms. The molecule has 1 aromatic carbocycles. The maximum atomic E-state index is 12.4. The van der Waals surface area contributed by atoms with Crippen molar-refractivity contribution in [2.75, 3.05) is 25.0 Å². The van der Waals surface area contributed by atoms with Crippen molar-refractivity contribution in [3.05, 3.63) is 23.8 Å². The normalized spacial score (nSPS) is 22.1. The number of carbonyl (C=O) groups is 2. The lowest BCUT2D eigenvalue weighted by atomic mass is 10.0. The van der Waals surface area contributed by atoms with Crippen molar-refractivity contribution in [3.8, 4) is 5.75 Å². The van der Waals surface area contributed by atoms with Gasteiger partial charge in [0.25, 0.3) is 0 Å². The Labute approximate surface area is 161 Å². The monoisotopic (exact) mass is 381 g/mol. The number of halogens is 1. The maximum absolute atomic E-state index is 12.4. The first-order valence-electron chi connectivity index (χ1n) is 9.13. The maximum Gasteiger partial charge on any atom is 0.224 e. The van der Waals surface area contributed by atoms with Gasteiger partial charge < -0.3 is 20.3 Å². The third-order valence-corrected chi connectivity index (χ3v) is 5.13. The first kappa shape index (κ1) is 20.5. The van der Waals surface area contributed by atoms with Crippen LogP contribution in [0.4, 0.5) is 5.69 Å². The lowest BCUT2D eigenvalue weighted by Crippen LogP contribution is -2.57. The van der Waals surface area contributed by atoms with E-state index in [2.05, 4.69) is 24.5 Å². The highest BCUT2D eigenvalue weighted by Crippen LogP contribution is 2.26. The van der Waals surface area contributed by atoms with Gasteiger partial charge in [-0.1, -0.05) is 0 Å². The Morgan fingerprint density at radius 3 is 2.92 bits per heavy atom. The van der Waals surface area contributed by atoms with Gasteiger partial charge in [0.15, 0.2) is 0 Å². The van der Waals surface area contributed by atoms with E-state index in [0.29, 0.717) is 31.9 Å². The van der Waals surface area contributed by atoms with Gasteiger partial charge in [-0.15, -0.1) is 12.4 Å². The molecule has 1 fully saturated rings. The smallest absolute Gasteiger partial charge is 0.224 e. The number of rotatable bonds is 5. The number of benzene rings is 1. The van der Waals surface area contributed by atoms with Gasteiger partial charge in [0, 0.05) is 43.7 Å². The number of hydrogen-bond acceptors (Lipinski definition) is 4. The van der Waals surface area contributed by atoms with E-state index in [1.54, 1.807) is 0 Å². The van der Waals surface area contributed by atoms with Crippen LogP contribution in [0.25, 0.3) is 0 Å². The summed E-state index contributed by atoms with van der Waals surface area (Å²) in [6.07, 6.45) is 2.48.